The molecule has 102 valence electrons. The number of hydrogen-bond acceptors (Lipinski definition) is 4. The zero-order valence-electron chi connectivity index (χ0n) is 11.2. The minimum Gasteiger partial charge on any atom is -0.370 e. The zero-order valence-corrected chi connectivity index (χ0v) is 11.2. The number of piperidine rings is 1. The van der Waals surface area contributed by atoms with E-state index in [0.29, 0.717) is 25.0 Å². The lowest BCUT2D eigenvalue weighted by Crippen LogP contribution is -2.43. The van der Waals surface area contributed by atoms with E-state index >= 15 is 0 Å². The summed E-state index contributed by atoms with van der Waals surface area (Å²) < 4.78 is 1.61. The van der Waals surface area contributed by atoms with Crippen molar-refractivity contribution in [2.24, 2.45) is 16.6 Å². The minimum absolute atomic E-state index is 0.182. The van der Waals surface area contributed by atoms with Gasteiger partial charge in [-0.25, -0.2) is 9.67 Å². The van der Waals surface area contributed by atoms with Gasteiger partial charge in [-0.1, -0.05) is 6.92 Å². The van der Waals surface area contributed by atoms with E-state index < -0.39 is 0 Å². The zero-order chi connectivity index (χ0) is 13.7. The molecule has 7 nitrogen and oxygen atoms in total. The van der Waals surface area contributed by atoms with Crippen LogP contribution in [0.15, 0.2) is 11.3 Å². The van der Waals surface area contributed by atoms with Crippen LogP contribution in [0.25, 0.3) is 0 Å². The Morgan fingerprint density at radius 2 is 2.53 bits per heavy atom. The number of guanidine groups is 1. The molecule has 0 aromatic carbocycles. The second-order valence-electron chi connectivity index (χ2n) is 4.88. The molecule has 19 heavy (non-hydrogen) atoms. The van der Waals surface area contributed by atoms with Gasteiger partial charge in [-0.05, 0) is 18.8 Å². The van der Waals surface area contributed by atoms with Crippen LogP contribution in [0.2, 0.25) is 0 Å². The van der Waals surface area contributed by atoms with Crippen LogP contribution in [0.5, 0.6) is 0 Å². The van der Waals surface area contributed by atoms with E-state index in [0.717, 1.165) is 13.1 Å². The molecule has 2 N–H and O–H groups in total. The molecule has 1 aliphatic heterocycles. The lowest BCUT2D eigenvalue weighted by Gasteiger charge is -2.31. The Bertz CT molecular complexity index is 485. The second-order valence-corrected chi connectivity index (χ2v) is 4.88. The van der Waals surface area contributed by atoms with Gasteiger partial charge in [0.15, 0.2) is 5.96 Å². The van der Waals surface area contributed by atoms with E-state index in [9.17, 15) is 0 Å². The third-order valence-electron chi connectivity index (χ3n) is 3.22. The molecular weight excluding hydrogens is 242 g/mol. The number of likely N-dealkylation sites (tertiary alicyclic amines) is 1. The molecule has 0 bridgehead atoms. The molecule has 1 fully saturated rings. The van der Waals surface area contributed by atoms with Gasteiger partial charge in [0.05, 0.1) is 13.1 Å². The lowest BCUT2D eigenvalue weighted by molar-refractivity contribution is 0.270. The highest BCUT2D eigenvalue weighted by atomic mass is 15.3. The fraction of sp³-hybridized carbons (Fsp3) is 0.667. The number of nitriles is 1. The Hall–Kier alpha value is -2.10. The highest BCUT2D eigenvalue weighted by Gasteiger charge is 2.17. The first-order chi connectivity index (χ1) is 9.19. The van der Waals surface area contributed by atoms with Gasteiger partial charge in [0, 0.05) is 13.1 Å². The first-order valence-corrected chi connectivity index (χ1v) is 6.53. The summed E-state index contributed by atoms with van der Waals surface area (Å²) in [5, 5.41) is 12.6. The Labute approximate surface area is 112 Å². The van der Waals surface area contributed by atoms with E-state index in [4.69, 9.17) is 11.0 Å². The van der Waals surface area contributed by atoms with Crippen molar-refractivity contribution >= 4 is 5.96 Å². The second kappa shape index (κ2) is 6.18. The summed E-state index contributed by atoms with van der Waals surface area (Å²) >= 11 is 0. The van der Waals surface area contributed by atoms with Gasteiger partial charge >= 0.3 is 0 Å². The quantitative estimate of drug-likeness (QED) is 0.619. The van der Waals surface area contributed by atoms with Crippen LogP contribution in [0.3, 0.4) is 0 Å². The maximum absolute atomic E-state index is 8.62. The van der Waals surface area contributed by atoms with Gasteiger partial charge in [-0.15, -0.1) is 5.10 Å². The van der Waals surface area contributed by atoms with Gasteiger partial charge < -0.3 is 10.6 Å². The Kier molecular flexibility index (Phi) is 4.34. The predicted molar refractivity (Wildman–Crippen MR) is 71.2 cm³/mol. The van der Waals surface area contributed by atoms with E-state index in [1.807, 2.05) is 6.07 Å². The summed E-state index contributed by atoms with van der Waals surface area (Å²) in [5.74, 6) is 1.46. The number of nitrogens with two attached hydrogens (primary N) is 1. The smallest absolute Gasteiger partial charge is 0.252 e. The molecule has 1 saturated heterocycles. The summed E-state index contributed by atoms with van der Waals surface area (Å²) in [6.07, 6.45) is 3.97. The Morgan fingerprint density at radius 1 is 1.68 bits per heavy atom. The van der Waals surface area contributed by atoms with Crippen molar-refractivity contribution in [1.29, 1.82) is 5.26 Å². The number of nitrogens with zero attached hydrogens (tertiary/aromatic N) is 6. The molecule has 1 atom stereocenters. The molecule has 0 spiro atoms. The highest BCUT2D eigenvalue weighted by Crippen LogP contribution is 2.14. The van der Waals surface area contributed by atoms with E-state index in [2.05, 4.69) is 26.9 Å². The molecule has 7 heteroatoms. The Balaban J connectivity index is 1.82. The van der Waals surface area contributed by atoms with Crippen LogP contribution in [-0.2, 0) is 6.54 Å². The molecule has 1 unspecified atom stereocenters. The molecule has 1 aromatic heterocycles. The van der Waals surface area contributed by atoms with Gasteiger partial charge in [0.25, 0.3) is 5.82 Å². The SMILES string of the molecule is CC1CCCN(C(N)=NCCn2cnc(C#N)n2)C1. The minimum atomic E-state index is 0.182. The molecule has 0 aliphatic carbocycles. The van der Waals surface area contributed by atoms with Gasteiger partial charge in [0.2, 0.25) is 0 Å². The third-order valence-corrected chi connectivity index (χ3v) is 3.22. The van der Waals surface area contributed by atoms with Gasteiger partial charge in [0.1, 0.15) is 12.4 Å². The fourth-order valence-corrected chi connectivity index (χ4v) is 2.22. The first-order valence-electron chi connectivity index (χ1n) is 6.53. The summed E-state index contributed by atoms with van der Waals surface area (Å²) in [6.45, 7) is 5.33. The van der Waals surface area contributed by atoms with E-state index in [-0.39, 0.29) is 5.82 Å². The average Bonchev–Trinajstić information content (AvgIpc) is 2.86. The van der Waals surface area contributed by atoms with Crippen LogP contribution in [0.4, 0.5) is 0 Å². The average molecular weight is 261 g/mol. The monoisotopic (exact) mass is 261 g/mol. The third kappa shape index (κ3) is 3.68. The number of aliphatic imine (C=N–C) groups is 1. The Morgan fingerprint density at radius 3 is 3.21 bits per heavy atom. The fourth-order valence-electron chi connectivity index (χ4n) is 2.22. The number of aromatic nitrogens is 3. The van der Waals surface area contributed by atoms with Crippen molar-refractivity contribution in [3.63, 3.8) is 0 Å². The summed E-state index contributed by atoms with van der Waals surface area (Å²) in [6, 6.07) is 1.89. The van der Waals surface area contributed by atoms with Crippen molar-refractivity contribution in [3.8, 4) is 6.07 Å². The molecule has 0 amide bonds. The van der Waals surface area contributed by atoms with Gasteiger partial charge in [-0.3, -0.25) is 4.99 Å². The largest absolute Gasteiger partial charge is 0.370 e. The van der Waals surface area contributed by atoms with Crippen molar-refractivity contribution in [1.82, 2.24) is 19.7 Å². The number of rotatable bonds is 3. The standard InChI is InChI=1S/C12H19N7/c1-10-3-2-5-18(8-10)12(14)15-4-6-19-9-16-11(7-13)17-19/h9-10H,2-6,8H2,1H3,(H2,14,15). The van der Waals surface area contributed by atoms with Crippen LogP contribution in [-0.4, -0.2) is 45.3 Å². The van der Waals surface area contributed by atoms with Crippen LogP contribution < -0.4 is 5.73 Å². The molecule has 1 aliphatic rings. The summed E-state index contributed by atoms with van der Waals surface area (Å²) in [7, 11) is 0. The molecule has 2 rings (SSSR count). The van der Waals surface area contributed by atoms with E-state index in [1.54, 1.807) is 4.68 Å². The maximum atomic E-state index is 8.62. The van der Waals surface area contributed by atoms with Crippen LogP contribution in [0.1, 0.15) is 25.6 Å². The molecule has 2 heterocycles. The van der Waals surface area contributed by atoms with Gasteiger partial charge in [-0.2, -0.15) is 5.26 Å². The number of hydrogen-bond donors (Lipinski definition) is 1. The van der Waals surface area contributed by atoms with Crippen LogP contribution in [0, 0.1) is 17.2 Å². The maximum Gasteiger partial charge on any atom is 0.252 e. The van der Waals surface area contributed by atoms with Crippen molar-refractivity contribution < 1.29 is 0 Å². The first kappa shape index (κ1) is 13.3. The van der Waals surface area contributed by atoms with Crippen molar-refractivity contribution in [3.05, 3.63) is 12.2 Å². The highest BCUT2D eigenvalue weighted by molar-refractivity contribution is 5.78. The van der Waals surface area contributed by atoms with E-state index in [1.165, 1.54) is 19.2 Å². The summed E-state index contributed by atoms with van der Waals surface area (Å²) in [5.41, 5.74) is 5.98. The van der Waals surface area contributed by atoms with Crippen molar-refractivity contribution in [2.75, 3.05) is 19.6 Å². The molecule has 1 aromatic rings. The molecule has 0 saturated carbocycles. The predicted octanol–water partition coefficient (Wildman–Crippen LogP) is 0.196. The van der Waals surface area contributed by atoms with Crippen molar-refractivity contribution in [2.45, 2.75) is 26.3 Å². The molecule has 0 radical (unpaired) electrons. The molecular formula is C12H19N7. The van der Waals surface area contributed by atoms with Crippen LogP contribution >= 0.6 is 0 Å². The summed E-state index contributed by atoms with van der Waals surface area (Å²) in [4.78, 5) is 10.3. The lowest BCUT2D eigenvalue weighted by atomic mass is 10.0. The topological polar surface area (TPSA) is 96.1 Å². The normalized spacial score (nSPS) is 20.3.